The van der Waals surface area contributed by atoms with Crippen LogP contribution in [0.1, 0.15) is 12.0 Å². The van der Waals surface area contributed by atoms with Gasteiger partial charge in [-0.25, -0.2) is 4.79 Å². The van der Waals surface area contributed by atoms with Crippen LogP contribution >= 0.6 is 34.7 Å². The van der Waals surface area contributed by atoms with Gasteiger partial charge in [-0.05, 0) is 36.1 Å². The Morgan fingerprint density at radius 2 is 2.23 bits per heavy atom. The number of hydrogen-bond acceptors (Lipinski definition) is 7. The molecule has 1 aliphatic heterocycles. The summed E-state index contributed by atoms with van der Waals surface area (Å²) in [6, 6.07) is 10.8. The van der Waals surface area contributed by atoms with E-state index >= 15 is 0 Å². The minimum absolute atomic E-state index is 0.255. The molecule has 3 heterocycles. The monoisotopic (exact) mass is 456 g/mol. The fourth-order valence-electron chi connectivity index (χ4n) is 2.99. The minimum atomic E-state index is -0.349. The van der Waals surface area contributed by atoms with Gasteiger partial charge in [-0.3, -0.25) is 15.3 Å². The second kappa shape index (κ2) is 9.34. The van der Waals surface area contributed by atoms with Gasteiger partial charge in [0.05, 0.1) is 28.0 Å². The molecule has 3 aromatic rings. The molecule has 1 aromatic carbocycles. The number of anilines is 2. The first-order chi connectivity index (χ1) is 14.6. The van der Waals surface area contributed by atoms with Crippen molar-refractivity contribution in [1.29, 1.82) is 5.26 Å². The van der Waals surface area contributed by atoms with Crippen LogP contribution in [0.2, 0.25) is 5.02 Å². The van der Waals surface area contributed by atoms with E-state index in [0.29, 0.717) is 34.5 Å². The number of thiophene rings is 1. The second-order valence-corrected chi connectivity index (χ2v) is 9.13. The highest BCUT2D eigenvalue weighted by Gasteiger charge is 2.21. The lowest BCUT2D eigenvalue weighted by atomic mass is 10.2. The molecule has 4 rings (SSSR count). The van der Waals surface area contributed by atoms with Gasteiger partial charge in [0.15, 0.2) is 5.17 Å². The van der Waals surface area contributed by atoms with E-state index in [9.17, 15) is 10.1 Å². The van der Waals surface area contributed by atoms with Crippen molar-refractivity contribution < 1.29 is 4.79 Å². The van der Waals surface area contributed by atoms with Crippen LogP contribution in [0.3, 0.4) is 0 Å². The molecule has 2 amide bonds. The number of carbonyl (C=O) groups excluding carboxylic acids is 1. The lowest BCUT2D eigenvalue weighted by Gasteiger charge is -2.12. The number of halogens is 1. The van der Waals surface area contributed by atoms with E-state index in [1.807, 2.05) is 11.4 Å². The zero-order valence-electron chi connectivity index (χ0n) is 15.7. The Bertz CT molecular complexity index is 1160. The number of carbonyl (C=O) groups is 1. The highest BCUT2D eigenvalue weighted by Crippen LogP contribution is 2.30. The number of aromatic nitrogens is 1. The van der Waals surface area contributed by atoms with Crippen LogP contribution in [0.4, 0.5) is 16.2 Å². The third-order valence-corrected chi connectivity index (χ3v) is 6.71. The number of fused-ring (bicyclic) bond motifs is 1. The number of thioether (sulfide) groups is 1. The predicted octanol–water partition coefficient (Wildman–Crippen LogP) is 4.92. The Balaban J connectivity index is 1.26. The maximum absolute atomic E-state index is 12.1. The van der Waals surface area contributed by atoms with Gasteiger partial charge in [0, 0.05) is 28.7 Å². The van der Waals surface area contributed by atoms with Gasteiger partial charge in [-0.1, -0.05) is 29.4 Å². The van der Waals surface area contributed by atoms with Crippen molar-refractivity contribution in [3.63, 3.8) is 0 Å². The number of hydrogen-bond donors (Lipinski definition) is 3. The molecular weight excluding hydrogens is 440 g/mol. The average molecular weight is 457 g/mol. The smallest absolute Gasteiger partial charge is 0.325 e. The molecule has 0 spiro atoms. The first-order valence-corrected chi connectivity index (χ1v) is 11.3. The van der Waals surface area contributed by atoms with Crippen LogP contribution in [0.5, 0.6) is 0 Å². The van der Waals surface area contributed by atoms with Crippen LogP contribution in [0, 0.1) is 11.3 Å². The third-order valence-electron chi connectivity index (χ3n) is 4.38. The van der Waals surface area contributed by atoms with E-state index in [-0.39, 0.29) is 11.3 Å². The zero-order chi connectivity index (χ0) is 20.9. The van der Waals surface area contributed by atoms with Crippen LogP contribution in [-0.4, -0.2) is 34.5 Å². The van der Waals surface area contributed by atoms with E-state index in [4.69, 9.17) is 11.6 Å². The van der Waals surface area contributed by atoms with Gasteiger partial charge >= 0.3 is 6.03 Å². The summed E-state index contributed by atoms with van der Waals surface area (Å²) in [5, 5.41) is 21.6. The van der Waals surface area contributed by atoms with E-state index in [1.54, 1.807) is 53.6 Å². The molecule has 1 atom stereocenters. The molecule has 0 aliphatic carbocycles. The van der Waals surface area contributed by atoms with Crippen molar-refractivity contribution in [3.8, 4) is 6.07 Å². The highest BCUT2D eigenvalue weighted by molar-refractivity contribution is 8.14. The van der Waals surface area contributed by atoms with Crippen molar-refractivity contribution in [2.45, 2.75) is 11.7 Å². The molecule has 0 radical (unpaired) electrons. The summed E-state index contributed by atoms with van der Waals surface area (Å²) in [6.45, 7) is 1.33. The summed E-state index contributed by atoms with van der Waals surface area (Å²) < 4.78 is 0.990. The number of rotatable bonds is 5. The van der Waals surface area contributed by atoms with Gasteiger partial charge < -0.3 is 10.6 Å². The number of nitriles is 1. The Morgan fingerprint density at radius 3 is 3.07 bits per heavy atom. The molecule has 0 saturated carbocycles. The number of aliphatic imine (C=N–C) groups is 1. The summed E-state index contributed by atoms with van der Waals surface area (Å²) in [4.78, 5) is 20.9. The summed E-state index contributed by atoms with van der Waals surface area (Å²) in [5.74, 6) is 0. The fraction of sp³-hybridized carbons (Fsp3) is 0.200. The summed E-state index contributed by atoms with van der Waals surface area (Å²) >= 11 is 9.04. The van der Waals surface area contributed by atoms with E-state index < -0.39 is 0 Å². The molecular formula is C20H17ClN6OS2. The summed E-state index contributed by atoms with van der Waals surface area (Å²) in [6.07, 6.45) is 2.45. The average Bonchev–Trinajstić information content (AvgIpc) is 3.37. The quantitative estimate of drug-likeness (QED) is 0.505. The van der Waals surface area contributed by atoms with Crippen LogP contribution < -0.4 is 16.0 Å². The van der Waals surface area contributed by atoms with Crippen LogP contribution in [0.25, 0.3) is 10.2 Å². The Hall–Kier alpha value is -2.80. The molecule has 2 aromatic heterocycles. The van der Waals surface area contributed by atoms with E-state index in [1.165, 1.54) is 0 Å². The third kappa shape index (κ3) is 4.84. The number of amidine groups is 1. The van der Waals surface area contributed by atoms with Crippen molar-refractivity contribution in [1.82, 2.24) is 10.3 Å². The largest absolute Gasteiger partial charge is 0.383 e. The number of amides is 2. The number of nitrogens with zero attached hydrogens (tertiary/aromatic N) is 3. The van der Waals surface area contributed by atoms with Gasteiger partial charge in [-0.2, -0.15) is 5.26 Å². The topological polar surface area (TPSA) is 102 Å². The lowest BCUT2D eigenvalue weighted by molar-refractivity contribution is 0.256. The van der Waals surface area contributed by atoms with Gasteiger partial charge in [0.1, 0.15) is 6.07 Å². The molecule has 0 fully saturated rings. The predicted molar refractivity (Wildman–Crippen MR) is 125 cm³/mol. The van der Waals surface area contributed by atoms with Crippen molar-refractivity contribution >= 4 is 67.5 Å². The van der Waals surface area contributed by atoms with Gasteiger partial charge in [0.2, 0.25) is 0 Å². The second-order valence-electron chi connectivity index (χ2n) is 6.48. The molecule has 3 N–H and O–H groups in total. The minimum Gasteiger partial charge on any atom is -0.383 e. The Morgan fingerprint density at radius 1 is 1.33 bits per heavy atom. The molecule has 0 saturated heterocycles. The Labute approximate surface area is 186 Å². The Kier molecular flexibility index (Phi) is 6.38. The van der Waals surface area contributed by atoms with Crippen molar-refractivity contribution in [2.24, 2.45) is 4.99 Å². The summed E-state index contributed by atoms with van der Waals surface area (Å²) in [7, 11) is 0. The fourth-order valence-corrected chi connectivity index (χ4v) is 5.06. The maximum Gasteiger partial charge on any atom is 0.325 e. The number of pyridine rings is 1. The first kappa shape index (κ1) is 20.5. The SMILES string of the molecule is N#Cc1cnc2ccsc2c1NCCC1CN=C(NC(=O)Nc2cccc(Cl)c2)S1. The molecule has 152 valence electrons. The molecule has 10 heteroatoms. The number of benzene rings is 1. The zero-order valence-corrected chi connectivity index (χ0v) is 18.1. The van der Waals surface area contributed by atoms with E-state index in [2.05, 4.69) is 32.0 Å². The van der Waals surface area contributed by atoms with Crippen molar-refractivity contribution in [2.75, 3.05) is 23.7 Å². The van der Waals surface area contributed by atoms with Crippen LogP contribution in [0.15, 0.2) is 46.9 Å². The summed E-state index contributed by atoms with van der Waals surface area (Å²) in [5.41, 5.74) is 2.88. The molecule has 1 aliphatic rings. The molecule has 1 unspecified atom stereocenters. The standard InChI is InChI=1S/C20H17ClN6OS2/c21-13-2-1-3-14(8-13)26-19(28)27-20-25-11-15(30-20)4-6-23-17-12(9-22)10-24-16-5-7-29-18(16)17/h1-3,5,7-8,10,15H,4,6,11H2,(H,23,24)(H2,25,26,27,28). The normalized spacial score (nSPS) is 15.5. The van der Waals surface area contributed by atoms with Crippen molar-refractivity contribution in [3.05, 3.63) is 52.5 Å². The van der Waals surface area contributed by atoms with Gasteiger partial charge in [-0.15, -0.1) is 11.3 Å². The number of urea groups is 1. The number of nitrogens with one attached hydrogen (secondary N) is 3. The molecule has 0 bridgehead atoms. The molecule has 30 heavy (non-hydrogen) atoms. The van der Waals surface area contributed by atoms with E-state index in [0.717, 1.165) is 22.3 Å². The van der Waals surface area contributed by atoms with Gasteiger partial charge in [0.25, 0.3) is 0 Å². The maximum atomic E-state index is 12.1. The highest BCUT2D eigenvalue weighted by atomic mass is 35.5. The first-order valence-electron chi connectivity index (χ1n) is 9.17. The lowest BCUT2D eigenvalue weighted by Crippen LogP contribution is -2.32. The molecule has 7 nitrogen and oxygen atoms in total. The van der Waals surface area contributed by atoms with Crippen LogP contribution in [-0.2, 0) is 0 Å².